The zero-order valence-electron chi connectivity index (χ0n) is 10.7. The Bertz CT molecular complexity index is 611. The molecule has 8 nitrogen and oxygen atoms in total. The summed E-state index contributed by atoms with van der Waals surface area (Å²) >= 11 is 0. The van der Waals surface area contributed by atoms with E-state index in [9.17, 15) is 14.9 Å². The molecule has 0 aliphatic rings. The number of nitrogens with zero attached hydrogens (tertiary/aromatic N) is 3. The molecule has 0 bridgehead atoms. The number of nitrogens with one attached hydrogen (secondary N) is 1. The van der Waals surface area contributed by atoms with Crippen LogP contribution in [0.5, 0.6) is 0 Å². The van der Waals surface area contributed by atoms with Gasteiger partial charge in [0.2, 0.25) is 5.52 Å². The van der Waals surface area contributed by atoms with Gasteiger partial charge in [-0.15, -0.1) is 0 Å². The second-order valence-electron chi connectivity index (χ2n) is 4.29. The number of carbonyl (C=O) groups is 1. The van der Waals surface area contributed by atoms with Crippen molar-refractivity contribution in [2.75, 3.05) is 11.9 Å². The zero-order valence-corrected chi connectivity index (χ0v) is 10.7. The van der Waals surface area contributed by atoms with Crippen molar-refractivity contribution in [2.45, 2.75) is 25.7 Å². The van der Waals surface area contributed by atoms with Crippen LogP contribution in [0.2, 0.25) is 0 Å². The first-order valence-electron chi connectivity index (χ1n) is 6.31. The van der Waals surface area contributed by atoms with Gasteiger partial charge in [-0.1, -0.05) is 6.42 Å². The monoisotopic (exact) mass is 278 g/mol. The van der Waals surface area contributed by atoms with Gasteiger partial charge in [0.1, 0.15) is 6.29 Å². The average molecular weight is 278 g/mol. The summed E-state index contributed by atoms with van der Waals surface area (Å²) in [6.07, 6.45) is 4.20. The fourth-order valence-electron chi connectivity index (χ4n) is 1.90. The Kier molecular flexibility index (Phi) is 4.59. The molecule has 0 unspecified atom stereocenters. The number of nitro benzene ring substituents is 1. The summed E-state index contributed by atoms with van der Waals surface area (Å²) in [7, 11) is 0. The van der Waals surface area contributed by atoms with Crippen LogP contribution in [0.1, 0.15) is 25.7 Å². The van der Waals surface area contributed by atoms with Gasteiger partial charge in [0.05, 0.1) is 10.6 Å². The quantitative estimate of drug-likeness (QED) is 0.341. The number of non-ortho nitro benzene ring substituents is 1. The van der Waals surface area contributed by atoms with E-state index in [1.54, 1.807) is 6.07 Å². The highest BCUT2D eigenvalue weighted by atomic mass is 16.6. The maximum atomic E-state index is 10.8. The largest absolute Gasteiger partial charge is 0.383 e. The Morgan fingerprint density at radius 1 is 1.25 bits per heavy atom. The molecule has 20 heavy (non-hydrogen) atoms. The number of aldehydes is 1. The number of aromatic nitrogens is 2. The van der Waals surface area contributed by atoms with E-state index in [1.165, 1.54) is 6.07 Å². The lowest BCUT2D eigenvalue weighted by Crippen LogP contribution is -2.02. The molecule has 1 N–H and O–H groups in total. The summed E-state index contributed by atoms with van der Waals surface area (Å²) in [6.45, 7) is 0.693. The fraction of sp³-hybridized carbons (Fsp3) is 0.417. The SMILES string of the molecule is O=CCCCCCNc1ccc([N+](=O)[O-])c2nonc12. The second-order valence-corrected chi connectivity index (χ2v) is 4.29. The third-order valence-electron chi connectivity index (χ3n) is 2.91. The third-order valence-corrected chi connectivity index (χ3v) is 2.91. The average Bonchev–Trinajstić information content (AvgIpc) is 2.91. The van der Waals surface area contributed by atoms with Gasteiger partial charge in [-0.25, -0.2) is 4.63 Å². The highest BCUT2D eigenvalue weighted by molar-refractivity contribution is 5.93. The van der Waals surface area contributed by atoms with E-state index in [4.69, 9.17) is 0 Å². The number of unbranched alkanes of at least 4 members (excludes halogenated alkanes) is 3. The van der Waals surface area contributed by atoms with Gasteiger partial charge in [-0.05, 0) is 29.2 Å². The summed E-state index contributed by atoms with van der Waals surface area (Å²) in [6, 6.07) is 2.97. The smallest absolute Gasteiger partial charge is 0.300 e. The van der Waals surface area contributed by atoms with Crippen LogP contribution in [0.25, 0.3) is 11.0 Å². The van der Waals surface area contributed by atoms with Crippen molar-refractivity contribution in [3.8, 4) is 0 Å². The van der Waals surface area contributed by atoms with Crippen LogP contribution >= 0.6 is 0 Å². The van der Waals surface area contributed by atoms with E-state index in [2.05, 4.69) is 20.3 Å². The lowest BCUT2D eigenvalue weighted by atomic mass is 10.2. The summed E-state index contributed by atoms with van der Waals surface area (Å²) in [5, 5.41) is 21.2. The van der Waals surface area contributed by atoms with Gasteiger partial charge >= 0.3 is 5.69 Å². The number of benzene rings is 1. The molecule has 0 aliphatic carbocycles. The minimum atomic E-state index is -0.518. The lowest BCUT2D eigenvalue weighted by Gasteiger charge is -2.05. The minimum Gasteiger partial charge on any atom is -0.383 e. The van der Waals surface area contributed by atoms with Gasteiger partial charge in [-0.3, -0.25) is 10.1 Å². The van der Waals surface area contributed by atoms with Gasteiger partial charge < -0.3 is 10.1 Å². The molecule has 0 aliphatic heterocycles. The Morgan fingerprint density at radius 2 is 2.05 bits per heavy atom. The van der Waals surface area contributed by atoms with E-state index in [0.29, 0.717) is 24.2 Å². The van der Waals surface area contributed by atoms with Crippen molar-refractivity contribution >= 4 is 28.7 Å². The number of carbonyl (C=O) groups excluding carboxylic acids is 1. The Balaban J connectivity index is 2.01. The van der Waals surface area contributed by atoms with Gasteiger partial charge in [-0.2, -0.15) is 0 Å². The Hall–Kier alpha value is -2.51. The van der Waals surface area contributed by atoms with Crippen LogP contribution < -0.4 is 5.32 Å². The van der Waals surface area contributed by atoms with Gasteiger partial charge in [0.25, 0.3) is 0 Å². The van der Waals surface area contributed by atoms with Crippen molar-refractivity contribution in [3.63, 3.8) is 0 Å². The Morgan fingerprint density at radius 3 is 2.80 bits per heavy atom. The molecular weight excluding hydrogens is 264 g/mol. The van der Waals surface area contributed by atoms with Crippen molar-refractivity contribution in [3.05, 3.63) is 22.2 Å². The fourth-order valence-corrected chi connectivity index (χ4v) is 1.90. The molecule has 1 aromatic heterocycles. The molecule has 8 heteroatoms. The number of nitro groups is 1. The van der Waals surface area contributed by atoms with Crippen LogP contribution in [0.3, 0.4) is 0 Å². The van der Waals surface area contributed by atoms with Gasteiger partial charge in [0, 0.05) is 19.0 Å². The first-order chi connectivity index (χ1) is 9.74. The molecule has 1 heterocycles. The molecule has 0 saturated heterocycles. The molecule has 1 aromatic carbocycles. The third kappa shape index (κ3) is 3.08. The number of rotatable bonds is 8. The molecule has 0 spiro atoms. The van der Waals surface area contributed by atoms with E-state index in [1.807, 2.05) is 0 Å². The van der Waals surface area contributed by atoms with Crippen molar-refractivity contribution in [2.24, 2.45) is 0 Å². The van der Waals surface area contributed by atoms with Crippen molar-refractivity contribution in [1.82, 2.24) is 10.3 Å². The molecular formula is C12H14N4O4. The molecule has 106 valence electrons. The van der Waals surface area contributed by atoms with Crippen LogP contribution in [-0.4, -0.2) is 28.1 Å². The summed E-state index contributed by atoms with van der Waals surface area (Å²) in [4.78, 5) is 20.5. The second kappa shape index (κ2) is 6.60. The van der Waals surface area contributed by atoms with Crippen LogP contribution in [-0.2, 0) is 4.79 Å². The summed E-state index contributed by atoms with van der Waals surface area (Å²) in [5.41, 5.74) is 1.02. The highest BCUT2D eigenvalue weighted by Gasteiger charge is 2.19. The van der Waals surface area contributed by atoms with Gasteiger partial charge in [0.15, 0.2) is 5.52 Å². The minimum absolute atomic E-state index is 0.127. The molecule has 0 amide bonds. The summed E-state index contributed by atoms with van der Waals surface area (Å²) < 4.78 is 4.57. The standard InChI is InChI=1S/C12H14N4O4/c17-8-4-2-1-3-7-13-9-5-6-10(16(18)19)12-11(9)14-20-15-12/h5-6,8,13H,1-4,7H2. The number of fused-ring (bicyclic) bond motifs is 1. The first-order valence-corrected chi connectivity index (χ1v) is 6.31. The first kappa shape index (κ1) is 13.9. The molecule has 0 fully saturated rings. The number of hydrogen-bond acceptors (Lipinski definition) is 7. The maximum absolute atomic E-state index is 10.8. The summed E-state index contributed by atoms with van der Waals surface area (Å²) in [5.74, 6) is 0. The number of hydrogen-bond donors (Lipinski definition) is 1. The van der Waals surface area contributed by atoms with Crippen molar-refractivity contribution < 1.29 is 14.3 Å². The van der Waals surface area contributed by atoms with Crippen molar-refractivity contribution in [1.29, 1.82) is 0 Å². The van der Waals surface area contributed by atoms with Crippen LogP contribution in [0, 0.1) is 10.1 Å². The molecule has 0 saturated carbocycles. The maximum Gasteiger partial charge on any atom is 0.300 e. The van der Waals surface area contributed by atoms with E-state index in [0.717, 1.165) is 25.5 Å². The predicted octanol–water partition coefficient (Wildman–Crippen LogP) is 2.30. The zero-order chi connectivity index (χ0) is 14.4. The normalized spacial score (nSPS) is 10.6. The van der Waals surface area contributed by atoms with E-state index in [-0.39, 0.29) is 11.2 Å². The lowest BCUT2D eigenvalue weighted by molar-refractivity contribution is -0.383. The van der Waals surface area contributed by atoms with E-state index < -0.39 is 4.92 Å². The van der Waals surface area contributed by atoms with Crippen LogP contribution in [0.15, 0.2) is 16.8 Å². The Labute approximate surface area is 114 Å². The molecule has 0 atom stereocenters. The molecule has 2 rings (SSSR count). The molecule has 2 aromatic rings. The van der Waals surface area contributed by atoms with E-state index >= 15 is 0 Å². The highest BCUT2D eigenvalue weighted by Crippen LogP contribution is 2.28. The topological polar surface area (TPSA) is 111 Å². The number of anilines is 1. The predicted molar refractivity (Wildman–Crippen MR) is 71.5 cm³/mol. The molecule has 0 radical (unpaired) electrons. The van der Waals surface area contributed by atoms with Crippen LogP contribution in [0.4, 0.5) is 11.4 Å².